The number of nitrogens with zero attached hydrogens (tertiary/aromatic N) is 5. The summed E-state index contributed by atoms with van der Waals surface area (Å²) in [4.78, 5) is 136. The molecule has 0 radical (unpaired) electrons. The van der Waals surface area contributed by atoms with Crippen molar-refractivity contribution in [2.24, 2.45) is 16.5 Å². The molecule has 5 heterocycles. The van der Waals surface area contributed by atoms with Crippen molar-refractivity contribution in [1.82, 2.24) is 45.9 Å². The Balaban J connectivity index is 1.42. The molecule has 322 valence electrons. The average molecular weight is 861 g/mol. The summed E-state index contributed by atoms with van der Waals surface area (Å²) in [5, 5.41) is 10.6. The van der Waals surface area contributed by atoms with Gasteiger partial charge in [0.15, 0.2) is 0 Å². The lowest BCUT2D eigenvalue weighted by atomic mass is 10.1. The number of rotatable bonds is 7. The minimum Gasteiger partial charge on any atom is -0.370 e. The maximum absolute atomic E-state index is 14.2. The second kappa shape index (κ2) is 21.2. The second-order valence-corrected chi connectivity index (χ2v) is 17.3. The largest absolute Gasteiger partial charge is 0.370 e. The number of aromatic amines is 1. The molecule has 21 nitrogen and oxygen atoms in total. The maximum Gasteiger partial charge on any atom is 0.246 e. The smallest absolute Gasteiger partial charge is 0.246 e. The number of aromatic nitrogens is 2. The normalized spacial score (nSPS) is 28.7. The summed E-state index contributed by atoms with van der Waals surface area (Å²) in [5.41, 5.74) is 11.6. The number of hydrogen-bond acceptors (Lipinski definition) is 13. The number of carbonyl (C=O) groups is 9. The van der Waals surface area contributed by atoms with Gasteiger partial charge in [0.1, 0.15) is 42.3 Å². The van der Waals surface area contributed by atoms with E-state index < -0.39 is 102 Å². The minimum absolute atomic E-state index is 0.000576. The van der Waals surface area contributed by atoms with E-state index in [0.717, 1.165) is 0 Å². The number of amides is 9. The summed E-state index contributed by atoms with van der Waals surface area (Å²) in [6.07, 6.45) is 6.27. The molecule has 0 unspecified atom stereocenters. The summed E-state index contributed by atoms with van der Waals surface area (Å²) in [7, 11) is 2.39. The first-order chi connectivity index (χ1) is 28.3. The lowest BCUT2D eigenvalue weighted by Gasteiger charge is -2.32. The first kappa shape index (κ1) is 44.9. The maximum atomic E-state index is 14.2. The van der Waals surface area contributed by atoms with Crippen LogP contribution in [0.3, 0.4) is 0 Å². The Hall–Kier alpha value is -5.19. The van der Waals surface area contributed by atoms with E-state index >= 15 is 0 Å². The summed E-state index contributed by atoms with van der Waals surface area (Å²) in [6.45, 7) is 1.77. The van der Waals surface area contributed by atoms with Crippen LogP contribution >= 0.6 is 21.6 Å². The van der Waals surface area contributed by atoms with Crippen LogP contribution in [0.5, 0.6) is 0 Å². The van der Waals surface area contributed by atoms with E-state index in [2.05, 4.69) is 36.2 Å². The van der Waals surface area contributed by atoms with E-state index in [1.807, 2.05) is 0 Å². The number of carbonyl (C=O) groups excluding carboxylic acids is 9. The first-order valence-electron chi connectivity index (χ1n) is 19.6. The molecule has 4 saturated heterocycles. The molecular weight excluding hydrogens is 809 g/mol. The van der Waals surface area contributed by atoms with E-state index in [9.17, 15) is 43.2 Å². The van der Waals surface area contributed by atoms with Gasteiger partial charge in [0.2, 0.25) is 53.2 Å². The van der Waals surface area contributed by atoms with Gasteiger partial charge < -0.3 is 52.4 Å². The highest BCUT2D eigenvalue weighted by molar-refractivity contribution is 8.76. The topological polar surface area (TPSA) is 305 Å². The molecule has 1 aromatic heterocycles. The molecule has 9 amide bonds. The predicted molar refractivity (Wildman–Crippen MR) is 216 cm³/mol. The van der Waals surface area contributed by atoms with E-state index in [0.29, 0.717) is 37.8 Å². The monoisotopic (exact) mass is 860 g/mol. The van der Waals surface area contributed by atoms with E-state index in [1.54, 1.807) is 6.92 Å². The van der Waals surface area contributed by atoms with Crippen LogP contribution in [0.25, 0.3) is 0 Å². The van der Waals surface area contributed by atoms with E-state index in [-0.39, 0.29) is 56.8 Å². The van der Waals surface area contributed by atoms with Crippen LogP contribution in [0.2, 0.25) is 0 Å². The van der Waals surface area contributed by atoms with Crippen LogP contribution in [-0.2, 0) is 49.6 Å². The molecule has 0 bridgehead atoms. The minimum atomic E-state index is -1.31. The number of fused-ring (bicyclic) bond motifs is 3. The third-order valence-corrected chi connectivity index (χ3v) is 13.1. The Bertz CT molecular complexity index is 1780. The zero-order valence-electron chi connectivity index (χ0n) is 32.8. The summed E-state index contributed by atoms with van der Waals surface area (Å²) in [6, 6.07) is -7.40. The zero-order chi connectivity index (χ0) is 42.6. The van der Waals surface area contributed by atoms with E-state index in [4.69, 9.17) is 11.5 Å². The summed E-state index contributed by atoms with van der Waals surface area (Å²) >= 11 is 0. The summed E-state index contributed by atoms with van der Waals surface area (Å²) in [5.74, 6) is -5.55. The Kier molecular flexibility index (Phi) is 16.1. The van der Waals surface area contributed by atoms with Crippen molar-refractivity contribution in [3.8, 4) is 0 Å². The van der Waals surface area contributed by atoms with Crippen molar-refractivity contribution in [2.45, 2.75) is 107 Å². The molecule has 59 heavy (non-hydrogen) atoms. The SMILES string of the molecule is CC=N[C@H]1CSSC[C@@H](C(N)=O)NC(=O)[C@@H]2CCCN2C(=O)[C@@H]2CCCN2C(=O)CNC(=O)[C@H](CCC(N)=O)NC(=O)[C@@H]2CCCN2C(=O)[C@H](Cc2cnc[nH]2)NC1=O. The third kappa shape index (κ3) is 11.7. The first-order valence-corrected chi connectivity index (χ1v) is 22.1. The number of nitrogens with two attached hydrogens (primary N) is 2. The van der Waals surface area contributed by atoms with Gasteiger partial charge >= 0.3 is 0 Å². The van der Waals surface area contributed by atoms with Crippen molar-refractivity contribution in [2.75, 3.05) is 37.7 Å². The van der Waals surface area contributed by atoms with Gasteiger partial charge in [0, 0.05) is 55.9 Å². The van der Waals surface area contributed by atoms with Gasteiger partial charge in [-0.2, -0.15) is 0 Å². The molecule has 23 heteroatoms. The van der Waals surface area contributed by atoms with Crippen LogP contribution in [0.1, 0.15) is 64.0 Å². The fourth-order valence-corrected chi connectivity index (χ4v) is 9.99. The lowest BCUT2D eigenvalue weighted by Crippen LogP contribution is -2.58. The average Bonchev–Trinajstić information content (AvgIpc) is 4.05. The summed E-state index contributed by atoms with van der Waals surface area (Å²) < 4.78 is 0. The lowest BCUT2D eigenvalue weighted by molar-refractivity contribution is -0.146. The molecule has 9 N–H and O–H groups in total. The molecule has 4 aliphatic rings. The van der Waals surface area contributed by atoms with Gasteiger partial charge in [-0.15, -0.1) is 0 Å². The number of aliphatic imine (C=N–C) groups is 1. The molecule has 5 rings (SSSR count). The molecule has 0 saturated carbocycles. The highest BCUT2D eigenvalue weighted by Crippen LogP contribution is 2.27. The van der Waals surface area contributed by atoms with Crippen LogP contribution in [0, 0.1) is 0 Å². The predicted octanol–water partition coefficient (Wildman–Crippen LogP) is -2.90. The van der Waals surface area contributed by atoms with Crippen LogP contribution in [0.15, 0.2) is 17.5 Å². The van der Waals surface area contributed by atoms with Gasteiger partial charge in [0.05, 0.1) is 12.9 Å². The number of primary amides is 2. The Morgan fingerprint density at radius 2 is 1.41 bits per heavy atom. The molecule has 1 aromatic rings. The number of imidazole rings is 1. The quantitative estimate of drug-likeness (QED) is 0.107. The highest BCUT2D eigenvalue weighted by atomic mass is 33.1. The van der Waals surface area contributed by atoms with Crippen LogP contribution in [0.4, 0.5) is 0 Å². The van der Waals surface area contributed by atoms with Gasteiger partial charge in [-0.25, -0.2) is 4.98 Å². The van der Waals surface area contributed by atoms with Gasteiger partial charge in [0.25, 0.3) is 0 Å². The molecule has 0 spiro atoms. The Labute approximate surface area is 348 Å². The van der Waals surface area contributed by atoms with Crippen molar-refractivity contribution in [3.05, 3.63) is 18.2 Å². The van der Waals surface area contributed by atoms with Crippen molar-refractivity contribution in [1.29, 1.82) is 0 Å². The standard InChI is InChI=1S/C36H52N12O9S2/c1-2-40-24-18-59-58-17-23(30(38)51)45-34(55)26-7-4-13-48(26)36(57)27-8-5-11-46(27)29(50)16-41-31(52)21(9-10-28(37)49)43-33(54)25-6-3-12-47(25)35(56)22(44-32(24)53)14-20-15-39-19-42-20/h2,15,19,21-27H,3-14,16-18H2,1H3,(H2,37,49)(H2,38,51)(H,39,42)(H,41,52)(H,43,54)(H,44,53)(H,45,55)/t21-,22-,23-,24-,25-,26-,27-/m0/s1. The molecule has 0 aromatic carbocycles. The fourth-order valence-electron chi connectivity index (χ4n) is 7.67. The van der Waals surface area contributed by atoms with E-state index in [1.165, 1.54) is 55.0 Å². The number of hydrogen-bond donors (Lipinski definition) is 7. The Morgan fingerprint density at radius 1 is 0.797 bits per heavy atom. The molecule has 4 aliphatic heterocycles. The van der Waals surface area contributed by atoms with Crippen molar-refractivity contribution >= 4 is 81.0 Å². The molecular formula is C36H52N12O9S2. The molecule has 7 atom stereocenters. The second-order valence-electron chi connectivity index (χ2n) is 14.7. The number of nitrogens with one attached hydrogen (secondary N) is 5. The zero-order valence-corrected chi connectivity index (χ0v) is 34.4. The van der Waals surface area contributed by atoms with Crippen molar-refractivity contribution in [3.63, 3.8) is 0 Å². The van der Waals surface area contributed by atoms with Crippen LogP contribution < -0.4 is 32.7 Å². The third-order valence-electron chi connectivity index (χ3n) is 10.7. The highest BCUT2D eigenvalue weighted by Gasteiger charge is 2.43. The van der Waals surface area contributed by atoms with Gasteiger partial charge in [-0.3, -0.25) is 48.1 Å². The molecule has 4 fully saturated rings. The van der Waals surface area contributed by atoms with Crippen LogP contribution in [-0.4, -0.2) is 164 Å². The van der Waals surface area contributed by atoms with Gasteiger partial charge in [-0.1, -0.05) is 21.6 Å². The fraction of sp³-hybridized carbons (Fsp3) is 0.639. The molecule has 0 aliphatic carbocycles. The number of H-pyrrole nitrogens is 1. The van der Waals surface area contributed by atoms with Gasteiger partial charge in [-0.05, 0) is 58.1 Å². The Morgan fingerprint density at radius 3 is 2.03 bits per heavy atom. The van der Waals surface area contributed by atoms with Crippen molar-refractivity contribution < 1.29 is 43.2 Å².